The third-order valence-corrected chi connectivity index (χ3v) is 7.17. The van der Waals surface area contributed by atoms with Crippen molar-refractivity contribution in [3.8, 4) is 5.75 Å². The molecule has 7 heteroatoms. The summed E-state index contributed by atoms with van der Waals surface area (Å²) < 4.78 is 20.0. The van der Waals surface area contributed by atoms with Crippen LogP contribution in [0.2, 0.25) is 0 Å². The lowest BCUT2D eigenvalue weighted by molar-refractivity contribution is -0.141. The van der Waals surface area contributed by atoms with Crippen molar-refractivity contribution in [1.29, 1.82) is 0 Å². The largest absolute Gasteiger partial charge is 0.481 e. The van der Waals surface area contributed by atoms with E-state index in [9.17, 15) is 14.0 Å². The molecule has 2 amide bonds. The van der Waals surface area contributed by atoms with E-state index < -0.39 is 11.5 Å². The second-order valence-electron chi connectivity index (χ2n) is 11.0. The molecule has 0 N–H and O–H groups in total. The number of ether oxygens (including phenoxy) is 1. The Morgan fingerprint density at radius 2 is 1.69 bits per heavy atom. The van der Waals surface area contributed by atoms with Crippen molar-refractivity contribution in [2.45, 2.75) is 52.7 Å². The van der Waals surface area contributed by atoms with E-state index >= 15 is 0 Å². The molecule has 0 saturated carbocycles. The van der Waals surface area contributed by atoms with Crippen molar-refractivity contribution in [3.63, 3.8) is 0 Å². The second kappa shape index (κ2) is 10.6. The van der Waals surface area contributed by atoms with Crippen LogP contribution in [0.4, 0.5) is 4.39 Å². The lowest BCUT2D eigenvalue weighted by atomic mass is 9.85. The number of amides is 2. The van der Waals surface area contributed by atoms with Gasteiger partial charge in [0.1, 0.15) is 11.6 Å². The van der Waals surface area contributed by atoms with E-state index in [1.54, 1.807) is 12.1 Å². The predicted molar refractivity (Wildman–Crippen MR) is 138 cm³/mol. The molecule has 0 aromatic heterocycles. The molecule has 1 fully saturated rings. The molecule has 194 valence electrons. The third-order valence-electron chi connectivity index (χ3n) is 7.17. The zero-order valence-corrected chi connectivity index (χ0v) is 22.1. The van der Waals surface area contributed by atoms with Gasteiger partial charge in [0.05, 0.1) is 6.04 Å². The number of hydrogen-bond donors (Lipinski definition) is 0. The van der Waals surface area contributed by atoms with Crippen LogP contribution in [-0.4, -0.2) is 72.4 Å². The van der Waals surface area contributed by atoms with Gasteiger partial charge in [-0.3, -0.25) is 9.59 Å². The summed E-state index contributed by atoms with van der Waals surface area (Å²) in [7, 11) is 2.06. The van der Waals surface area contributed by atoms with Gasteiger partial charge in [0.2, 0.25) is 5.91 Å². The van der Waals surface area contributed by atoms with Crippen molar-refractivity contribution >= 4 is 11.8 Å². The maximum atomic E-state index is 13.8. The molecule has 2 unspecified atom stereocenters. The summed E-state index contributed by atoms with van der Waals surface area (Å²) in [6, 6.07) is 11.9. The topological polar surface area (TPSA) is 53.1 Å². The summed E-state index contributed by atoms with van der Waals surface area (Å²) in [6.45, 7) is 11.4. The Labute approximate surface area is 214 Å². The highest BCUT2D eigenvalue weighted by Gasteiger charge is 2.37. The zero-order chi connectivity index (χ0) is 26.0. The van der Waals surface area contributed by atoms with Gasteiger partial charge in [-0.05, 0) is 60.8 Å². The number of nitrogens with zero attached hydrogens (tertiary/aromatic N) is 3. The molecule has 6 nitrogen and oxygen atoms in total. The summed E-state index contributed by atoms with van der Waals surface area (Å²) in [6.07, 6.45) is 0.733. The number of halogens is 1. The summed E-state index contributed by atoms with van der Waals surface area (Å²) in [5.41, 5.74) is 2.40. The lowest BCUT2D eigenvalue weighted by Gasteiger charge is -2.41. The van der Waals surface area contributed by atoms with Gasteiger partial charge in [-0.1, -0.05) is 45.9 Å². The van der Waals surface area contributed by atoms with Crippen molar-refractivity contribution in [2.24, 2.45) is 5.41 Å². The van der Waals surface area contributed by atoms with E-state index in [2.05, 4.69) is 11.9 Å². The monoisotopic (exact) mass is 495 g/mol. The predicted octanol–water partition coefficient (Wildman–Crippen LogP) is 4.28. The Morgan fingerprint density at radius 1 is 1.03 bits per heavy atom. The molecular formula is C29H38FN3O3. The Bertz CT molecular complexity index is 1090. The first-order valence-electron chi connectivity index (χ1n) is 12.9. The average Bonchev–Trinajstić information content (AvgIpc) is 2.86. The molecule has 0 bridgehead atoms. The Hall–Kier alpha value is -2.93. The lowest BCUT2D eigenvalue weighted by Crippen LogP contribution is -2.51. The Morgan fingerprint density at radius 3 is 2.31 bits per heavy atom. The van der Waals surface area contributed by atoms with E-state index in [0.717, 1.165) is 36.2 Å². The SMILES string of the molecule is CCC(Oc1ccc2c(c1)C(c1ccc(F)cc1)N(C(=O)C(C)(C)C)CC2)C(=O)N1CCN(C)CC1. The van der Waals surface area contributed by atoms with Gasteiger partial charge in [-0.25, -0.2) is 4.39 Å². The maximum Gasteiger partial charge on any atom is 0.263 e. The van der Waals surface area contributed by atoms with E-state index in [4.69, 9.17) is 4.74 Å². The number of rotatable bonds is 5. The number of fused-ring (bicyclic) bond motifs is 1. The summed E-state index contributed by atoms with van der Waals surface area (Å²) in [5.74, 6) is 0.363. The zero-order valence-electron chi connectivity index (χ0n) is 22.1. The minimum Gasteiger partial charge on any atom is -0.481 e. The van der Waals surface area contributed by atoms with Crippen LogP contribution in [0.15, 0.2) is 42.5 Å². The van der Waals surface area contributed by atoms with Crippen molar-refractivity contribution < 1.29 is 18.7 Å². The summed E-state index contributed by atoms with van der Waals surface area (Å²) in [5, 5.41) is 0. The van der Waals surface area contributed by atoms with Gasteiger partial charge >= 0.3 is 0 Å². The van der Waals surface area contributed by atoms with Crippen LogP contribution in [-0.2, 0) is 16.0 Å². The normalized spacial score (nSPS) is 19.6. The Kier molecular flexibility index (Phi) is 7.69. The van der Waals surface area contributed by atoms with Crippen LogP contribution in [0.25, 0.3) is 0 Å². The van der Waals surface area contributed by atoms with Crippen molar-refractivity contribution in [1.82, 2.24) is 14.7 Å². The molecule has 2 atom stereocenters. The molecule has 2 heterocycles. The van der Waals surface area contributed by atoms with Gasteiger partial charge in [-0.2, -0.15) is 0 Å². The number of piperazine rings is 1. The molecule has 2 aliphatic heterocycles. The van der Waals surface area contributed by atoms with Gasteiger partial charge in [0, 0.05) is 38.1 Å². The fourth-order valence-electron chi connectivity index (χ4n) is 5.02. The third kappa shape index (κ3) is 5.56. The minimum atomic E-state index is -0.563. The Balaban J connectivity index is 1.65. The second-order valence-corrected chi connectivity index (χ2v) is 11.0. The van der Waals surface area contributed by atoms with E-state index in [-0.39, 0.29) is 23.7 Å². The number of carbonyl (C=O) groups is 2. The highest BCUT2D eigenvalue weighted by atomic mass is 19.1. The summed E-state index contributed by atoms with van der Waals surface area (Å²) >= 11 is 0. The molecule has 1 saturated heterocycles. The number of benzene rings is 2. The first-order chi connectivity index (χ1) is 17.1. The molecule has 36 heavy (non-hydrogen) atoms. The number of hydrogen-bond acceptors (Lipinski definition) is 4. The van der Waals surface area contributed by atoms with Crippen LogP contribution in [0.3, 0.4) is 0 Å². The minimum absolute atomic E-state index is 0.0166. The quantitative estimate of drug-likeness (QED) is 0.622. The van der Waals surface area contributed by atoms with Crippen LogP contribution in [0.1, 0.15) is 56.8 Å². The molecule has 0 aliphatic carbocycles. The van der Waals surface area contributed by atoms with Crippen molar-refractivity contribution in [2.75, 3.05) is 39.8 Å². The van der Waals surface area contributed by atoms with E-state index in [0.29, 0.717) is 31.8 Å². The molecular weight excluding hydrogens is 457 g/mol. The molecule has 0 radical (unpaired) electrons. The highest BCUT2D eigenvalue weighted by Crippen LogP contribution is 2.39. The molecule has 0 spiro atoms. The van der Waals surface area contributed by atoms with E-state index in [1.807, 2.05) is 55.7 Å². The smallest absolute Gasteiger partial charge is 0.263 e. The van der Waals surface area contributed by atoms with Gasteiger partial charge < -0.3 is 19.4 Å². The van der Waals surface area contributed by atoms with Gasteiger partial charge in [-0.15, -0.1) is 0 Å². The average molecular weight is 496 g/mol. The fourth-order valence-corrected chi connectivity index (χ4v) is 5.02. The maximum absolute atomic E-state index is 13.8. The molecule has 2 aliphatic rings. The van der Waals surface area contributed by atoms with Gasteiger partial charge in [0.25, 0.3) is 5.91 Å². The van der Waals surface area contributed by atoms with Crippen LogP contribution < -0.4 is 4.74 Å². The first kappa shape index (κ1) is 26.1. The molecule has 2 aromatic rings. The fraction of sp³-hybridized carbons (Fsp3) is 0.517. The first-order valence-corrected chi connectivity index (χ1v) is 12.9. The summed E-state index contributed by atoms with van der Waals surface area (Å²) in [4.78, 5) is 32.6. The molecule has 2 aromatic carbocycles. The van der Waals surface area contributed by atoms with E-state index in [1.165, 1.54) is 12.1 Å². The van der Waals surface area contributed by atoms with Crippen LogP contribution in [0.5, 0.6) is 5.75 Å². The van der Waals surface area contributed by atoms with Crippen LogP contribution in [0, 0.1) is 11.2 Å². The number of likely N-dealkylation sites (N-methyl/N-ethyl adjacent to an activating group) is 1. The molecule has 4 rings (SSSR count). The van der Waals surface area contributed by atoms with Gasteiger partial charge in [0.15, 0.2) is 6.10 Å². The standard InChI is InChI=1S/C29H38FN3O3/c1-6-25(27(34)32-17-15-31(5)16-18-32)36-23-12-9-20-13-14-33(28(35)29(2,3)4)26(24(20)19-23)21-7-10-22(30)11-8-21/h7-12,19,25-26H,6,13-18H2,1-5H3. The highest BCUT2D eigenvalue weighted by molar-refractivity contribution is 5.83. The number of carbonyl (C=O) groups excluding carboxylic acids is 2. The van der Waals surface area contributed by atoms with Crippen LogP contribution >= 0.6 is 0 Å². The van der Waals surface area contributed by atoms with Crippen molar-refractivity contribution in [3.05, 3.63) is 65.0 Å².